The highest BCUT2D eigenvalue weighted by Gasteiger charge is 2.28. The summed E-state index contributed by atoms with van der Waals surface area (Å²) in [6, 6.07) is 11.2. The number of hydrogen-bond donors (Lipinski definition) is 1. The van der Waals surface area contributed by atoms with Crippen molar-refractivity contribution in [3.63, 3.8) is 0 Å². The van der Waals surface area contributed by atoms with Gasteiger partial charge in [0.25, 0.3) is 5.91 Å². The average molecular weight is 377 g/mol. The zero-order valence-corrected chi connectivity index (χ0v) is 15.6. The number of thiophene rings is 1. The van der Waals surface area contributed by atoms with Gasteiger partial charge in [-0.2, -0.15) is 0 Å². The van der Waals surface area contributed by atoms with Gasteiger partial charge in [0.1, 0.15) is 0 Å². The molecule has 1 aromatic carbocycles. The molecule has 4 nitrogen and oxygen atoms in total. The summed E-state index contributed by atoms with van der Waals surface area (Å²) < 4.78 is 0. The molecule has 1 aromatic heterocycles. The number of nitrogens with one attached hydrogen (secondary N) is 1. The SMILES string of the molecule is CC(NC(=O)C1CCN(C(=O)c2cccs2)CC1)c1cccc(Cl)c1. The maximum Gasteiger partial charge on any atom is 0.263 e. The number of rotatable bonds is 4. The average Bonchev–Trinajstić information content (AvgIpc) is 3.16. The fourth-order valence-electron chi connectivity index (χ4n) is 3.09. The Balaban J connectivity index is 1.52. The Labute approximate surface area is 156 Å². The Hall–Kier alpha value is -1.85. The van der Waals surface area contributed by atoms with Gasteiger partial charge in [0, 0.05) is 24.0 Å². The Morgan fingerprint density at radius 3 is 2.64 bits per heavy atom. The summed E-state index contributed by atoms with van der Waals surface area (Å²) >= 11 is 7.47. The standard InChI is InChI=1S/C19H21ClN2O2S/c1-13(15-4-2-5-16(20)12-15)21-18(23)14-7-9-22(10-8-14)19(24)17-6-3-11-25-17/h2-6,11-14H,7-10H2,1H3,(H,21,23). The van der Waals surface area contributed by atoms with Gasteiger partial charge in [-0.25, -0.2) is 0 Å². The third-order valence-electron chi connectivity index (χ3n) is 4.59. The zero-order valence-electron chi connectivity index (χ0n) is 14.1. The minimum Gasteiger partial charge on any atom is -0.349 e. The molecule has 1 aliphatic heterocycles. The molecular weight excluding hydrogens is 356 g/mol. The molecule has 25 heavy (non-hydrogen) atoms. The molecule has 1 fully saturated rings. The quantitative estimate of drug-likeness (QED) is 0.872. The van der Waals surface area contributed by atoms with Crippen LogP contribution in [0.15, 0.2) is 41.8 Å². The molecule has 2 aromatic rings. The predicted molar refractivity (Wildman–Crippen MR) is 101 cm³/mol. The summed E-state index contributed by atoms with van der Waals surface area (Å²) in [5, 5.41) is 5.64. The van der Waals surface area contributed by atoms with Crippen molar-refractivity contribution in [2.75, 3.05) is 13.1 Å². The van der Waals surface area contributed by atoms with Crippen molar-refractivity contribution in [3.05, 3.63) is 57.2 Å². The molecule has 0 aliphatic carbocycles. The van der Waals surface area contributed by atoms with Crippen LogP contribution in [0.1, 0.15) is 41.0 Å². The van der Waals surface area contributed by atoms with Gasteiger partial charge >= 0.3 is 0 Å². The van der Waals surface area contributed by atoms with Crippen molar-refractivity contribution < 1.29 is 9.59 Å². The molecule has 1 N–H and O–H groups in total. The van der Waals surface area contributed by atoms with E-state index in [2.05, 4.69) is 5.32 Å². The molecule has 132 valence electrons. The molecule has 0 saturated carbocycles. The predicted octanol–water partition coefficient (Wildman–Crippen LogP) is 4.13. The summed E-state index contributed by atoms with van der Waals surface area (Å²) in [5.74, 6) is 0.0749. The van der Waals surface area contributed by atoms with E-state index in [0.29, 0.717) is 31.0 Å². The number of nitrogens with zero attached hydrogens (tertiary/aromatic N) is 1. The molecule has 2 heterocycles. The summed E-state index contributed by atoms with van der Waals surface area (Å²) in [6.07, 6.45) is 1.40. The zero-order chi connectivity index (χ0) is 17.8. The molecule has 3 rings (SSSR count). The van der Waals surface area contributed by atoms with Crippen LogP contribution in [0.4, 0.5) is 0 Å². The van der Waals surface area contributed by atoms with Crippen LogP contribution in [0.3, 0.4) is 0 Å². The molecule has 6 heteroatoms. The van der Waals surface area contributed by atoms with E-state index < -0.39 is 0 Å². The highest BCUT2D eigenvalue weighted by Crippen LogP contribution is 2.23. The number of carbonyl (C=O) groups excluding carboxylic acids is 2. The first kappa shape index (κ1) is 18.0. The number of halogens is 1. The van der Waals surface area contributed by atoms with Crippen molar-refractivity contribution in [3.8, 4) is 0 Å². The van der Waals surface area contributed by atoms with E-state index in [9.17, 15) is 9.59 Å². The monoisotopic (exact) mass is 376 g/mol. The number of carbonyl (C=O) groups is 2. The maximum absolute atomic E-state index is 12.5. The van der Waals surface area contributed by atoms with Crippen molar-refractivity contribution in [1.82, 2.24) is 10.2 Å². The minimum absolute atomic E-state index is 0.0472. The maximum atomic E-state index is 12.5. The second kappa shape index (κ2) is 8.02. The van der Waals surface area contributed by atoms with Gasteiger partial charge in [-0.15, -0.1) is 11.3 Å². The van der Waals surface area contributed by atoms with Crippen LogP contribution in [-0.2, 0) is 4.79 Å². The minimum atomic E-state index is -0.0861. The molecule has 1 unspecified atom stereocenters. The Morgan fingerprint density at radius 2 is 2.00 bits per heavy atom. The van der Waals surface area contributed by atoms with Gasteiger partial charge in [-0.1, -0.05) is 29.8 Å². The van der Waals surface area contributed by atoms with E-state index in [0.717, 1.165) is 10.4 Å². The van der Waals surface area contributed by atoms with Gasteiger partial charge in [0.05, 0.1) is 10.9 Å². The molecule has 1 atom stereocenters. The summed E-state index contributed by atoms with van der Waals surface area (Å²) in [5.41, 5.74) is 0.992. The normalized spacial score (nSPS) is 16.5. The number of amides is 2. The Morgan fingerprint density at radius 1 is 1.24 bits per heavy atom. The molecule has 2 amide bonds. The highest BCUT2D eigenvalue weighted by molar-refractivity contribution is 7.12. The molecule has 0 spiro atoms. The number of piperidine rings is 1. The lowest BCUT2D eigenvalue weighted by Gasteiger charge is -2.31. The topological polar surface area (TPSA) is 49.4 Å². The van der Waals surface area contributed by atoms with Gasteiger partial charge in [-0.3, -0.25) is 9.59 Å². The van der Waals surface area contributed by atoms with Crippen molar-refractivity contribution in [2.45, 2.75) is 25.8 Å². The van der Waals surface area contributed by atoms with Crippen LogP contribution in [-0.4, -0.2) is 29.8 Å². The second-order valence-electron chi connectivity index (χ2n) is 6.33. The highest BCUT2D eigenvalue weighted by atomic mass is 35.5. The van der Waals surface area contributed by atoms with E-state index in [1.165, 1.54) is 11.3 Å². The van der Waals surface area contributed by atoms with Crippen LogP contribution in [0, 0.1) is 5.92 Å². The fraction of sp³-hybridized carbons (Fsp3) is 0.368. The van der Waals surface area contributed by atoms with Crippen LogP contribution < -0.4 is 5.32 Å². The molecule has 0 radical (unpaired) electrons. The van der Waals surface area contributed by atoms with Crippen LogP contribution >= 0.6 is 22.9 Å². The molecular formula is C19H21ClN2O2S. The third kappa shape index (κ3) is 4.41. The van der Waals surface area contributed by atoms with Crippen molar-refractivity contribution >= 4 is 34.8 Å². The fourth-order valence-corrected chi connectivity index (χ4v) is 3.98. The smallest absolute Gasteiger partial charge is 0.263 e. The third-order valence-corrected chi connectivity index (χ3v) is 5.69. The number of hydrogen-bond acceptors (Lipinski definition) is 3. The summed E-state index contributed by atoms with van der Waals surface area (Å²) in [4.78, 5) is 27.5. The van der Waals surface area contributed by atoms with Gasteiger partial charge in [0.15, 0.2) is 0 Å². The van der Waals surface area contributed by atoms with Crippen LogP contribution in [0.5, 0.6) is 0 Å². The lowest BCUT2D eigenvalue weighted by molar-refractivity contribution is -0.126. The number of benzene rings is 1. The molecule has 1 saturated heterocycles. The van der Waals surface area contributed by atoms with E-state index in [1.807, 2.05) is 53.6 Å². The van der Waals surface area contributed by atoms with Gasteiger partial charge < -0.3 is 10.2 Å². The van der Waals surface area contributed by atoms with Crippen LogP contribution in [0.2, 0.25) is 5.02 Å². The van der Waals surface area contributed by atoms with E-state index in [4.69, 9.17) is 11.6 Å². The lowest BCUT2D eigenvalue weighted by atomic mass is 9.95. The first-order chi connectivity index (χ1) is 12.0. The molecule has 1 aliphatic rings. The van der Waals surface area contributed by atoms with Gasteiger partial charge in [0.2, 0.25) is 5.91 Å². The van der Waals surface area contributed by atoms with E-state index in [-0.39, 0.29) is 23.8 Å². The van der Waals surface area contributed by atoms with E-state index >= 15 is 0 Å². The van der Waals surface area contributed by atoms with E-state index in [1.54, 1.807) is 0 Å². The molecule has 0 bridgehead atoms. The van der Waals surface area contributed by atoms with Gasteiger partial charge in [-0.05, 0) is 48.9 Å². The largest absolute Gasteiger partial charge is 0.349 e. The lowest BCUT2D eigenvalue weighted by Crippen LogP contribution is -2.43. The first-order valence-electron chi connectivity index (χ1n) is 8.43. The summed E-state index contributed by atoms with van der Waals surface area (Å²) in [6.45, 7) is 3.21. The second-order valence-corrected chi connectivity index (χ2v) is 7.71. The Bertz CT molecular complexity index is 740. The summed E-state index contributed by atoms with van der Waals surface area (Å²) in [7, 11) is 0. The number of likely N-dealkylation sites (tertiary alicyclic amines) is 1. The van der Waals surface area contributed by atoms with Crippen molar-refractivity contribution in [1.29, 1.82) is 0 Å². The Kier molecular flexibility index (Phi) is 5.76. The van der Waals surface area contributed by atoms with Crippen LogP contribution in [0.25, 0.3) is 0 Å². The van der Waals surface area contributed by atoms with Crippen molar-refractivity contribution in [2.24, 2.45) is 5.92 Å². The first-order valence-corrected chi connectivity index (χ1v) is 9.69.